The first-order valence-electron chi connectivity index (χ1n) is 16.9. The summed E-state index contributed by atoms with van der Waals surface area (Å²) in [6, 6.07) is 5.67. The zero-order chi connectivity index (χ0) is 34.0. The molecule has 0 amide bonds. The molecule has 4 fully saturated rings. The highest BCUT2D eigenvalue weighted by Gasteiger charge is 2.45. The number of piperazine rings is 1. The molecule has 4 aliphatic rings. The zero-order valence-corrected chi connectivity index (χ0v) is 27.1. The van der Waals surface area contributed by atoms with Gasteiger partial charge in [-0.3, -0.25) is 0 Å². The van der Waals surface area contributed by atoms with Gasteiger partial charge in [-0.15, -0.1) is 6.42 Å². The number of rotatable bonds is 7. The third-order valence-electron chi connectivity index (χ3n) is 10.5. The number of piperidine rings is 2. The van der Waals surface area contributed by atoms with Gasteiger partial charge in [0.25, 0.3) is 0 Å². The van der Waals surface area contributed by atoms with Crippen LogP contribution >= 0.6 is 0 Å². The molecule has 12 heteroatoms. The van der Waals surface area contributed by atoms with Gasteiger partial charge in [-0.2, -0.15) is 9.97 Å². The lowest BCUT2D eigenvalue weighted by Gasteiger charge is -2.44. The summed E-state index contributed by atoms with van der Waals surface area (Å²) in [5.41, 5.74) is 7.40. The lowest BCUT2D eigenvalue weighted by Crippen LogP contribution is -2.59. The number of phenolic OH excluding ortho intramolecular Hbond substituents is 1. The summed E-state index contributed by atoms with van der Waals surface area (Å²) < 4.78 is 52.0. The molecule has 2 bridgehead atoms. The molecule has 4 N–H and O–H groups in total. The fourth-order valence-corrected chi connectivity index (χ4v) is 7.91. The van der Waals surface area contributed by atoms with Gasteiger partial charge in [0.1, 0.15) is 40.6 Å². The molecule has 0 spiro atoms. The number of hydrogen-bond acceptors (Lipinski definition) is 9. The van der Waals surface area contributed by atoms with Gasteiger partial charge >= 0.3 is 6.01 Å². The lowest BCUT2D eigenvalue weighted by atomic mass is 9.90. The molecule has 5 heterocycles. The SMILES string of the molecule is C#Cc1c(F)ccc2cc(O)cc(-c3nc(N)c4c(N5CC6CC(=C)CC(C5)N6)nc(OCC5(CN6CCC(F)CC6)CC5)nc4c3F)c12. The number of ether oxygens (including phenoxy) is 1. The van der Waals surface area contributed by atoms with E-state index in [-0.39, 0.29) is 68.2 Å². The molecule has 1 aliphatic carbocycles. The highest BCUT2D eigenvalue weighted by atomic mass is 19.1. The minimum absolute atomic E-state index is 0.0101. The van der Waals surface area contributed by atoms with Gasteiger partial charge in [-0.1, -0.05) is 24.1 Å². The van der Waals surface area contributed by atoms with Crippen molar-refractivity contribution in [2.45, 2.75) is 56.8 Å². The van der Waals surface area contributed by atoms with Crippen LogP contribution in [-0.4, -0.2) is 82.5 Å². The number of fused-ring (bicyclic) bond motifs is 4. The predicted octanol–water partition coefficient (Wildman–Crippen LogP) is 5.48. The first kappa shape index (κ1) is 31.7. The zero-order valence-electron chi connectivity index (χ0n) is 27.1. The maximum absolute atomic E-state index is 17.0. The van der Waals surface area contributed by atoms with Crippen molar-refractivity contribution in [2.24, 2.45) is 5.41 Å². The van der Waals surface area contributed by atoms with E-state index in [9.17, 15) is 13.9 Å². The molecule has 254 valence electrons. The number of halogens is 3. The second-order valence-electron chi connectivity index (χ2n) is 14.2. The Bertz CT molecular complexity index is 2020. The molecule has 0 radical (unpaired) electrons. The number of nitrogen functional groups attached to an aromatic ring is 1. The van der Waals surface area contributed by atoms with E-state index < -0.39 is 17.8 Å². The van der Waals surface area contributed by atoms with Gasteiger partial charge in [-0.25, -0.2) is 18.2 Å². The summed E-state index contributed by atoms with van der Waals surface area (Å²) in [5, 5.41) is 15.1. The molecule has 49 heavy (non-hydrogen) atoms. The highest BCUT2D eigenvalue weighted by Crippen LogP contribution is 2.47. The largest absolute Gasteiger partial charge is 0.508 e. The van der Waals surface area contributed by atoms with E-state index in [0.29, 0.717) is 56.8 Å². The van der Waals surface area contributed by atoms with Crippen LogP contribution in [0.4, 0.5) is 24.8 Å². The van der Waals surface area contributed by atoms with Crippen LogP contribution in [0.2, 0.25) is 0 Å². The number of alkyl halides is 1. The van der Waals surface area contributed by atoms with Crippen molar-refractivity contribution in [3.05, 3.63) is 53.6 Å². The van der Waals surface area contributed by atoms with Gasteiger partial charge in [0.15, 0.2) is 5.82 Å². The minimum atomic E-state index is -0.823. The summed E-state index contributed by atoms with van der Waals surface area (Å²) in [7, 11) is 0. The number of nitrogens with one attached hydrogen (secondary N) is 1. The van der Waals surface area contributed by atoms with Crippen LogP contribution in [-0.2, 0) is 0 Å². The summed E-state index contributed by atoms with van der Waals surface area (Å²) in [6.45, 7) is 7.93. The average Bonchev–Trinajstić information content (AvgIpc) is 3.84. The van der Waals surface area contributed by atoms with Crippen LogP contribution in [0.25, 0.3) is 32.9 Å². The van der Waals surface area contributed by atoms with Gasteiger partial charge in [0.05, 0.1) is 17.6 Å². The Morgan fingerprint density at radius 1 is 1.08 bits per heavy atom. The molecule has 4 aromatic rings. The van der Waals surface area contributed by atoms with Crippen LogP contribution in [0, 0.1) is 29.4 Å². The van der Waals surface area contributed by atoms with Gasteiger partial charge in [0, 0.05) is 61.2 Å². The number of benzene rings is 2. The van der Waals surface area contributed by atoms with Crippen molar-refractivity contribution in [1.82, 2.24) is 25.2 Å². The average molecular weight is 670 g/mol. The number of phenols is 1. The van der Waals surface area contributed by atoms with Crippen molar-refractivity contribution in [3.8, 4) is 35.4 Å². The third kappa shape index (κ3) is 5.89. The number of hydrogen-bond donors (Lipinski definition) is 3. The minimum Gasteiger partial charge on any atom is -0.508 e. The highest BCUT2D eigenvalue weighted by molar-refractivity contribution is 6.05. The molecule has 2 atom stereocenters. The molecular formula is C37H38F3N7O2. The molecule has 8 rings (SSSR count). The third-order valence-corrected chi connectivity index (χ3v) is 10.5. The number of likely N-dealkylation sites (tertiary alicyclic amines) is 1. The van der Waals surface area contributed by atoms with Crippen molar-refractivity contribution < 1.29 is 23.0 Å². The van der Waals surface area contributed by atoms with Crippen molar-refractivity contribution in [1.29, 1.82) is 0 Å². The van der Waals surface area contributed by atoms with Crippen LogP contribution in [0.15, 0.2) is 36.4 Å². The summed E-state index contributed by atoms with van der Waals surface area (Å²) in [4.78, 5) is 18.3. The Morgan fingerprint density at radius 2 is 1.82 bits per heavy atom. The smallest absolute Gasteiger partial charge is 0.319 e. The standard InChI is InChI=1S/C37H38F3N7O2/c1-3-26-28(39)5-4-21-14-25(48)15-27(29(21)26)32-31(40)33-30(34(41)43-32)35(47-16-23-12-20(2)13-24(17-47)42-23)45-36(44-33)49-19-37(8-9-37)18-46-10-6-22(38)7-11-46/h1,4-5,14-15,22-24,42,48H,2,6-13,16-19H2,(H2,41,43). The molecule has 2 aromatic heterocycles. The topological polar surface area (TPSA) is 113 Å². The Kier molecular flexibility index (Phi) is 7.80. The van der Waals surface area contributed by atoms with Crippen LogP contribution in [0.3, 0.4) is 0 Å². The first-order valence-corrected chi connectivity index (χ1v) is 16.9. The van der Waals surface area contributed by atoms with Crippen molar-refractivity contribution in [2.75, 3.05) is 50.0 Å². The Hall–Kier alpha value is -4.60. The van der Waals surface area contributed by atoms with Gasteiger partial charge in [0.2, 0.25) is 0 Å². The number of pyridine rings is 1. The number of aromatic nitrogens is 3. The fourth-order valence-electron chi connectivity index (χ4n) is 7.91. The predicted molar refractivity (Wildman–Crippen MR) is 183 cm³/mol. The lowest BCUT2D eigenvalue weighted by molar-refractivity contribution is 0.107. The molecule has 1 saturated carbocycles. The second kappa shape index (κ2) is 12.1. The van der Waals surface area contributed by atoms with Gasteiger partial charge in [-0.05, 0) is 62.1 Å². The van der Waals surface area contributed by atoms with Crippen LogP contribution < -0.4 is 20.7 Å². The van der Waals surface area contributed by atoms with Crippen LogP contribution in [0.1, 0.15) is 44.1 Å². The van der Waals surface area contributed by atoms with E-state index in [0.717, 1.165) is 32.2 Å². The summed E-state index contributed by atoms with van der Waals surface area (Å²) in [6.07, 6.45) is 9.58. The number of anilines is 2. The molecule has 3 aliphatic heterocycles. The van der Waals surface area contributed by atoms with Crippen molar-refractivity contribution >= 4 is 33.3 Å². The van der Waals surface area contributed by atoms with Crippen LogP contribution in [0.5, 0.6) is 11.8 Å². The van der Waals surface area contributed by atoms with Crippen molar-refractivity contribution in [3.63, 3.8) is 0 Å². The quantitative estimate of drug-likeness (QED) is 0.174. The fraction of sp³-hybridized carbons (Fsp3) is 0.432. The normalized spacial score (nSPS) is 22.4. The van der Waals surface area contributed by atoms with E-state index in [1.54, 1.807) is 0 Å². The molecule has 2 unspecified atom stereocenters. The van der Waals surface area contributed by atoms with E-state index in [1.807, 2.05) is 0 Å². The van der Waals surface area contributed by atoms with E-state index >= 15 is 4.39 Å². The first-order chi connectivity index (χ1) is 23.6. The monoisotopic (exact) mass is 669 g/mol. The number of aromatic hydroxyl groups is 1. The second-order valence-corrected chi connectivity index (χ2v) is 14.2. The van der Waals surface area contributed by atoms with E-state index in [4.69, 9.17) is 21.9 Å². The number of nitrogens with zero attached hydrogens (tertiary/aromatic N) is 5. The Labute approximate surface area is 282 Å². The molecule has 2 aromatic carbocycles. The molecular weight excluding hydrogens is 631 g/mol. The maximum Gasteiger partial charge on any atom is 0.319 e. The van der Waals surface area contributed by atoms with E-state index in [2.05, 4.69) is 37.6 Å². The Balaban J connectivity index is 1.23. The molecule has 9 nitrogen and oxygen atoms in total. The Morgan fingerprint density at radius 3 is 2.51 bits per heavy atom. The number of nitrogens with two attached hydrogens (primary N) is 1. The maximum atomic E-state index is 17.0. The summed E-state index contributed by atoms with van der Waals surface area (Å²) in [5.74, 6) is 1.10. The summed E-state index contributed by atoms with van der Waals surface area (Å²) >= 11 is 0. The number of terminal acetylenes is 1. The molecule has 3 saturated heterocycles. The van der Waals surface area contributed by atoms with E-state index in [1.165, 1.54) is 29.8 Å². The van der Waals surface area contributed by atoms with Gasteiger partial charge < -0.3 is 30.7 Å².